The Morgan fingerprint density at radius 3 is 2.59 bits per heavy atom. The first-order valence-electron chi connectivity index (χ1n) is 7.89. The molecule has 1 amide bonds. The molecule has 1 aliphatic rings. The van der Waals surface area contributed by atoms with Gasteiger partial charge in [0.05, 0.1) is 18.8 Å². The molecule has 1 aromatic carbocycles. The number of hydrogen-bond donors (Lipinski definition) is 1. The van der Waals surface area contributed by atoms with Gasteiger partial charge in [-0.25, -0.2) is 0 Å². The molecule has 0 bridgehead atoms. The predicted octanol–water partition coefficient (Wildman–Crippen LogP) is 1.53. The number of piperazine rings is 1. The van der Waals surface area contributed by atoms with Crippen LogP contribution in [0.2, 0.25) is 0 Å². The third-order valence-corrected chi connectivity index (χ3v) is 4.19. The molecule has 1 atom stereocenters. The summed E-state index contributed by atoms with van der Waals surface area (Å²) in [5.74, 6) is 0.649. The molecule has 1 heterocycles. The second kappa shape index (κ2) is 7.61. The molecule has 0 radical (unpaired) electrons. The maximum atomic E-state index is 12.7. The Labute approximate surface area is 132 Å². The van der Waals surface area contributed by atoms with Crippen molar-refractivity contribution >= 4 is 5.91 Å². The first-order valence-corrected chi connectivity index (χ1v) is 7.89. The van der Waals surface area contributed by atoms with Gasteiger partial charge in [0.1, 0.15) is 5.75 Å². The van der Waals surface area contributed by atoms with Gasteiger partial charge in [0.2, 0.25) is 0 Å². The number of β-amino-alcohol motifs (C(OH)–C–C–N with tert-alkyl or cyclic N) is 1. The lowest BCUT2D eigenvalue weighted by Gasteiger charge is -2.35. The highest BCUT2D eigenvalue weighted by atomic mass is 16.5. The van der Waals surface area contributed by atoms with E-state index in [1.54, 1.807) is 7.11 Å². The minimum Gasteiger partial charge on any atom is -0.496 e. The zero-order valence-corrected chi connectivity index (χ0v) is 13.7. The van der Waals surface area contributed by atoms with Crippen molar-refractivity contribution in [2.45, 2.75) is 26.4 Å². The fourth-order valence-corrected chi connectivity index (χ4v) is 2.72. The van der Waals surface area contributed by atoms with Crippen LogP contribution in [-0.4, -0.2) is 66.8 Å². The van der Waals surface area contributed by atoms with E-state index >= 15 is 0 Å². The number of aliphatic hydroxyl groups is 1. The van der Waals surface area contributed by atoms with E-state index in [-0.39, 0.29) is 12.0 Å². The molecule has 0 saturated carbocycles. The summed E-state index contributed by atoms with van der Waals surface area (Å²) in [7, 11) is 1.59. The number of hydrogen-bond acceptors (Lipinski definition) is 4. The number of rotatable bonds is 5. The van der Waals surface area contributed by atoms with Crippen LogP contribution < -0.4 is 4.74 Å². The Kier molecular flexibility index (Phi) is 5.80. The lowest BCUT2D eigenvalue weighted by atomic mass is 10.1. The summed E-state index contributed by atoms with van der Waals surface area (Å²) < 4.78 is 5.31. The zero-order chi connectivity index (χ0) is 16.1. The molecular weight excluding hydrogens is 280 g/mol. The molecule has 1 unspecified atom stereocenters. The van der Waals surface area contributed by atoms with Crippen LogP contribution in [0, 0.1) is 6.92 Å². The minimum absolute atomic E-state index is 0.0243. The fourth-order valence-electron chi connectivity index (χ4n) is 2.72. The number of benzene rings is 1. The van der Waals surface area contributed by atoms with Crippen LogP contribution in [0.3, 0.4) is 0 Å². The molecule has 5 heteroatoms. The van der Waals surface area contributed by atoms with Crippen molar-refractivity contribution in [1.29, 1.82) is 0 Å². The molecule has 22 heavy (non-hydrogen) atoms. The Hall–Kier alpha value is -1.59. The molecule has 1 aromatic rings. The maximum Gasteiger partial charge on any atom is 0.257 e. The van der Waals surface area contributed by atoms with E-state index in [2.05, 4.69) is 4.90 Å². The van der Waals surface area contributed by atoms with Gasteiger partial charge in [-0.05, 0) is 25.5 Å². The lowest BCUT2D eigenvalue weighted by molar-refractivity contribution is 0.0521. The van der Waals surface area contributed by atoms with Crippen molar-refractivity contribution in [1.82, 2.24) is 9.80 Å². The van der Waals surface area contributed by atoms with Gasteiger partial charge < -0.3 is 14.7 Å². The van der Waals surface area contributed by atoms with Crippen LogP contribution in [-0.2, 0) is 0 Å². The van der Waals surface area contributed by atoms with Crippen molar-refractivity contribution in [2.24, 2.45) is 0 Å². The van der Waals surface area contributed by atoms with E-state index in [0.29, 0.717) is 30.9 Å². The zero-order valence-electron chi connectivity index (χ0n) is 13.7. The smallest absolute Gasteiger partial charge is 0.257 e. The van der Waals surface area contributed by atoms with Crippen LogP contribution in [0.4, 0.5) is 0 Å². The van der Waals surface area contributed by atoms with Gasteiger partial charge in [-0.2, -0.15) is 0 Å². The highest BCUT2D eigenvalue weighted by molar-refractivity contribution is 5.97. The standard InChI is InChI=1S/C17H26N2O3/c1-4-14(20)12-18-7-9-19(10-8-18)17(21)15-11-13(2)5-6-16(15)22-3/h5-6,11,14,20H,4,7-10,12H2,1-3H3. The highest BCUT2D eigenvalue weighted by Gasteiger charge is 2.25. The van der Waals surface area contributed by atoms with Crippen LogP contribution in [0.15, 0.2) is 18.2 Å². The summed E-state index contributed by atoms with van der Waals surface area (Å²) in [6.07, 6.45) is 0.485. The summed E-state index contributed by atoms with van der Waals surface area (Å²) in [6, 6.07) is 5.67. The number of carbonyl (C=O) groups excluding carboxylic acids is 1. The van der Waals surface area contributed by atoms with Crippen LogP contribution in [0.1, 0.15) is 29.3 Å². The molecule has 0 spiro atoms. The first-order chi connectivity index (χ1) is 10.5. The first kappa shape index (κ1) is 16.8. The monoisotopic (exact) mass is 306 g/mol. The fraction of sp³-hybridized carbons (Fsp3) is 0.588. The Bertz CT molecular complexity index is 511. The highest BCUT2D eigenvalue weighted by Crippen LogP contribution is 2.22. The van der Waals surface area contributed by atoms with E-state index < -0.39 is 0 Å². The van der Waals surface area contributed by atoms with E-state index in [9.17, 15) is 9.90 Å². The summed E-state index contributed by atoms with van der Waals surface area (Å²) in [5.41, 5.74) is 1.68. The van der Waals surface area contributed by atoms with Gasteiger partial charge in [0, 0.05) is 32.7 Å². The molecule has 0 aliphatic carbocycles. The van der Waals surface area contributed by atoms with E-state index in [0.717, 1.165) is 25.1 Å². The average molecular weight is 306 g/mol. The van der Waals surface area contributed by atoms with Gasteiger partial charge in [-0.1, -0.05) is 18.6 Å². The number of methoxy groups -OCH3 is 1. The molecule has 122 valence electrons. The quantitative estimate of drug-likeness (QED) is 0.896. The van der Waals surface area contributed by atoms with Crippen LogP contribution in [0.5, 0.6) is 5.75 Å². The third-order valence-electron chi connectivity index (χ3n) is 4.19. The number of aryl methyl sites for hydroxylation is 1. The van der Waals surface area contributed by atoms with Crippen molar-refractivity contribution < 1.29 is 14.6 Å². The molecule has 1 aliphatic heterocycles. The van der Waals surface area contributed by atoms with E-state index in [4.69, 9.17) is 4.74 Å². The van der Waals surface area contributed by atoms with Gasteiger partial charge in [0.25, 0.3) is 5.91 Å². The molecule has 1 fully saturated rings. The lowest BCUT2D eigenvalue weighted by Crippen LogP contribution is -2.50. The Morgan fingerprint density at radius 2 is 2.00 bits per heavy atom. The molecular formula is C17H26N2O3. The van der Waals surface area contributed by atoms with Gasteiger partial charge in [0.15, 0.2) is 0 Å². The van der Waals surface area contributed by atoms with Crippen LogP contribution >= 0.6 is 0 Å². The largest absolute Gasteiger partial charge is 0.496 e. The molecule has 1 N–H and O–H groups in total. The third kappa shape index (κ3) is 3.99. The molecule has 5 nitrogen and oxygen atoms in total. The summed E-state index contributed by atoms with van der Waals surface area (Å²) >= 11 is 0. The normalized spacial score (nSPS) is 17.4. The number of amides is 1. The maximum absolute atomic E-state index is 12.7. The number of carbonyl (C=O) groups is 1. The molecule has 0 aromatic heterocycles. The second-order valence-electron chi connectivity index (χ2n) is 5.86. The number of nitrogens with zero attached hydrogens (tertiary/aromatic N) is 2. The molecule has 2 rings (SSSR count). The Morgan fingerprint density at radius 1 is 1.32 bits per heavy atom. The van der Waals surface area contributed by atoms with Gasteiger partial charge in [-0.3, -0.25) is 9.69 Å². The number of aliphatic hydroxyl groups excluding tert-OH is 1. The van der Waals surface area contributed by atoms with Crippen LogP contribution in [0.25, 0.3) is 0 Å². The summed E-state index contributed by atoms with van der Waals surface area (Å²) in [6.45, 7) is 7.62. The topological polar surface area (TPSA) is 53.0 Å². The van der Waals surface area contributed by atoms with Crippen molar-refractivity contribution in [3.63, 3.8) is 0 Å². The van der Waals surface area contributed by atoms with Crippen molar-refractivity contribution in [2.75, 3.05) is 39.8 Å². The van der Waals surface area contributed by atoms with Gasteiger partial charge in [-0.15, -0.1) is 0 Å². The van der Waals surface area contributed by atoms with Crippen molar-refractivity contribution in [3.05, 3.63) is 29.3 Å². The SMILES string of the molecule is CCC(O)CN1CCN(C(=O)c2cc(C)ccc2OC)CC1. The van der Waals surface area contributed by atoms with E-state index in [1.807, 2.05) is 36.9 Å². The van der Waals surface area contributed by atoms with E-state index in [1.165, 1.54) is 0 Å². The predicted molar refractivity (Wildman–Crippen MR) is 86.4 cm³/mol. The summed E-state index contributed by atoms with van der Waals surface area (Å²) in [5, 5.41) is 9.72. The van der Waals surface area contributed by atoms with Crippen molar-refractivity contribution in [3.8, 4) is 5.75 Å². The molecule has 1 saturated heterocycles. The number of ether oxygens (including phenoxy) is 1. The summed E-state index contributed by atoms with van der Waals surface area (Å²) in [4.78, 5) is 16.8. The van der Waals surface area contributed by atoms with Gasteiger partial charge >= 0.3 is 0 Å². The Balaban J connectivity index is 1.99. The second-order valence-corrected chi connectivity index (χ2v) is 5.86. The average Bonchev–Trinajstić information content (AvgIpc) is 2.54. The minimum atomic E-state index is -0.279.